The van der Waals surface area contributed by atoms with Crippen molar-refractivity contribution >= 4 is 11.7 Å². The lowest BCUT2D eigenvalue weighted by atomic mass is 9.90. The molecule has 21 heavy (non-hydrogen) atoms. The van der Waals surface area contributed by atoms with Crippen molar-refractivity contribution in [1.82, 2.24) is 5.32 Å². The van der Waals surface area contributed by atoms with Gasteiger partial charge in [0.2, 0.25) is 0 Å². The molecule has 1 saturated heterocycles. The highest BCUT2D eigenvalue weighted by molar-refractivity contribution is 5.97. The summed E-state index contributed by atoms with van der Waals surface area (Å²) in [7, 11) is 0. The van der Waals surface area contributed by atoms with Crippen molar-refractivity contribution in [1.29, 1.82) is 10.8 Å². The summed E-state index contributed by atoms with van der Waals surface area (Å²) in [5, 5.41) is 18.5. The Kier molecular flexibility index (Phi) is 3.35. The van der Waals surface area contributed by atoms with Gasteiger partial charge in [0.15, 0.2) is 0 Å². The fraction of sp³-hybridized carbons (Fsp3) is 0.250. The van der Waals surface area contributed by atoms with Gasteiger partial charge in [-0.15, -0.1) is 0 Å². The number of rotatable bonds is 3. The van der Waals surface area contributed by atoms with E-state index in [-0.39, 0.29) is 23.8 Å². The molecule has 1 heterocycles. The van der Waals surface area contributed by atoms with Gasteiger partial charge in [-0.1, -0.05) is 42.5 Å². The maximum atomic E-state index is 7.52. The van der Waals surface area contributed by atoms with Crippen molar-refractivity contribution < 1.29 is 0 Å². The van der Waals surface area contributed by atoms with Crippen molar-refractivity contribution in [2.75, 3.05) is 0 Å². The number of nitrogen functional groups attached to an aromatic ring is 1. The molecule has 1 fully saturated rings. The first-order valence-corrected chi connectivity index (χ1v) is 6.99. The van der Waals surface area contributed by atoms with Crippen molar-refractivity contribution in [3.63, 3.8) is 0 Å². The molecule has 5 heteroatoms. The molecule has 1 aromatic rings. The molecule has 3 rings (SSSR count). The first-order chi connectivity index (χ1) is 10.0. The van der Waals surface area contributed by atoms with Gasteiger partial charge in [0, 0.05) is 23.2 Å². The van der Waals surface area contributed by atoms with Crippen LogP contribution in [0.4, 0.5) is 0 Å². The van der Waals surface area contributed by atoms with Crippen LogP contribution in [0.2, 0.25) is 0 Å². The molecule has 0 bridgehead atoms. The molecule has 1 aliphatic carbocycles. The van der Waals surface area contributed by atoms with Crippen LogP contribution in [-0.2, 0) is 0 Å². The largest absolute Gasteiger partial charge is 0.384 e. The lowest BCUT2D eigenvalue weighted by molar-refractivity contribution is 0.598. The lowest BCUT2D eigenvalue weighted by Gasteiger charge is -2.18. The third kappa shape index (κ3) is 2.60. The highest BCUT2D eigenvalue weighted by Gasteiger charge is 2.33. The van der Waals surface area contributed by atoms with Crippen molar-refractivity contribution in [3.8, 4) is 0 Å². The molecular formula is C16H19N5. The van der Waals surface area contributed by atoms with Crippen LogP contribution < -0.4 is 16.8 Å². The molecular weight excluding hydrogens is 262 g/mol. The van der Waals surface area contributed by atoms with E-state index in [4.69, 9.17) is 22.3 Å². The van der Waals surface area contributed by atoms with Crippen LogP contribution >= 0.6 is 0 Å². The minimum absolute atomic E-state index is 0.0894. The molecule has 0 saturated carbocycles. The minimum atomic E-state index is 0.0894. The van der Waals surface area contributed by atoms with E-state index in [1.165, 1.54) is 5.56 Å². The summed E-state index contributed by atoms with van der Waals surface area (Å²) in [4.78, 5) is 0. The molecule has 2 aliphatic rings. The zero-order chi connectivity index (χ0) is 15.0. The van der Waals surface area contributed by atoms with Gasteiger partial charge in [-0.2, -0.15) is 0 Å². The number of fused-ring (bicyclic) bond motifs is 1. The standard InChI is InChI=1S/C16H19N5/c17-15(18)10-3-1-9(2-4-10)13-7-11-5-6-12(16(19)20)8-14(11)21-13/h1-6,8,11,13-14,21H,7H2,(H3,17,18)(H3,19,20). The topological polar surface area (TPSA) is 112 Å². The maximum Gasteiger partial charge on any atom is 0.122 e. The Morgan fingerprint density at radius 3 is 2.43 bits per heavy atom. The molecule has 0 amide bonds. The molecule has 0 spiro atoms. The van der Waals surface area contributed by atoms with Crippen LogP contribution in [0, 0.1) is 16.7 Å². The summed E-state index contributed by atoms with van der Waals surface area (Å²) in [6, 6.07) is 8.30. The fourth-order valence-corrected chi connectivity index (χ4v) is 3.00. The van der Waals surface area contributed by atoms with Gasteiger partial charge in [-0.3, -0.25) is 10.8 Å². The molecule has 0 aromatic heterocycles. The summed E-state index contributed by atoms with van der Waals surface area (Å²) in [6.07, 6.45) is 7.13. The van der Waals surface area contributed by atoms with Gasteiger partial charge in [-0.25, -0.2) is 0 Å². The molecule has 3 unspecified atom stereocenters. The van der Waals surface area contributed by atoms with Gasteiger partial charge in [0.25, 0.3) is 0 Å². The molecule has 3 atom stereocenters. The van der Waals surface area contributed by atoms with Crippen molar-refractivity contribution in [3.05, 3.63) is 59.2 Å². The molecule has 5 nitrogen and oxygen atoms in total. The van der Waals surface area contributed by atoms with Gasteiger partial charge in [0.05, 0.1) is 0 Å². The Bertz CT molecular complexity index is 641. The lowest BCUT2D eigenvalue weighted by Crippen LogP contribution is -2.29. The Morgan fingerprint density at radius 2 is 1.81 bits per heavy atom. The Balaban J connectivity index is 1.77. The van der Waals surface area contributed by atoms with Gasteiger partial charge < -0.3 is 16.8 Å². The van der Waals surface area contributed by atoms with E-state index >= 15 is 0 Å². The number of nitrogens with two attached hydrogens (primary N) is 2. The van der Waals surface area contributed by atoms with E-state index in [0.717, 1.165) is 17.6 Å². The monoisotopic (exact) mass is 281 g/mol. The predicted octanol–water partition coefficient (Wildman–Crippen LogP) is 1.42. The Labute approximate surface area is 123 Å². The van der Waals surface area contributed by atoms with E-state index < -0.39 is 0 Å². The Hall–Kier alpha value is -2.40. The number of hydrogen-bond acceptors (Lipinski definition) is 3. The van der Waals surface area contributed by atoms with Gasteiger partial charge >= 0.3 is 0 Å². The Morgan fingerprint density at radius 1 is 1.10 bits per heavy atom. The second-order valence-corrected chi connectivity index (χ2v) is 5.58. The van der Waals surface area contributed by atoms with Crippen LogP contribution in [0.3, 0.4) is 0 Å². The zero-order valence-corrected chi connectivity index (χ0v) is 11.6. The minimum Gasteiger partial charge on any atom is -0.384 e. The van der Waals surface area contributed by atoms with E-state index in [2.05, 4.69) is 11.4 Å². The third-order valence-corrected chi connectivity index (χ3v) is 4.18. The van der Waals surface area contributed by atoms with Crippen LogP contribution in [0.15, 0.2) is 48.1 Å². The maximum absolute atomic E-state index is 7.52. The number of hydrogen-bond donors (Lipinski definition) is 5. The molecule has 0 radical (unpaired) electrons. The highest BCUT2D eigenvalue weighted by atomic mass is 15.0. The summed E-state index contributed by atoms with van der Waals surface area (Å²) in [6.45, 7) is 0. The highest BCUT2D eigenvalue weighted by Crippen LogP contribution is 2.35. The quantitative estimate of drug-likeness (QED) is 0.426. The number of nitrogens with one attached hydrogen (secondary N) is 3. The number of amidine groups is 2. The molecule has 108 valence electrons. The first-order valence-electron chi connectivity index (χ1n) is 6.99. The van der Waals surface area contributed by atoms with Gasteiger partial charge in [-0.05, 0) is 17.9 Å². The van der Waals surface area contributed by atoms with E-state index in [1.807, 2.05) is 36.4 Å². The zero-order valence-electron chi connectivity index (χ0n) is 11.6. The molecule has 1 aromatic carbocycles. The third-order valence-electron chi connectivity index (χ3n) is 4.18. The second kappa shape index (κ2) is 5.18. The average molecular weight is 281 g/mol. The summed E-state index contributed by atoms with van der Waals surface area (Å²) >= 11 is 0. The van der Waals surface area contributed by atoms with Crippen LogP contribution in [0.5, 0.6) is 0 Å². The van der Waals surface area contributed by atoms with Crippen molar-refractivity contribution in [2.24, 2.45) is 17.4 Å². The molecule has 7 N–H and O–H groups in total. The SMILES string of the molecule is N=C(N)C1=CC2NC(c3ccc(C(=N)N)cc3)CC2C=C1. The fourth-order valence-electron chi connectivity index (χ4n) is 3.00. The summed E-state index contributed by atoms with van der Waals surface area (Å²) in [5.74, 6) is 0.637. The summed E-state index contributed by atoms with van der Waals surface area (Å²) < 4.78 is 0. The van der Waals surface area contributed by atoms with E-state index in [1.54, 1.807) is 0 Å². The van der Waals surface area contributed by atoms with Gasteiger partial charge in [0.1, 0.15) is 11.7 Å². The van der Waals surface area contributed by atoms with Crippen LogP contribution in [0.1, 0.15) is 23.6 Å². The van der Waals surface area contributed by atoms with Crippen LogP contribution in [-0.4, -0.2) is 17.7 Å². The van der Waals surface area contributed by atoms with E-state index in [9.17, 15) is 0 Å². The normalized spacial score (nSPS) is 27.0. The first kappa shape index (κ1) is 13.6. The van der Waals surface area contributed by atoms with E-state index in [0.29, 0.717) is 5.92 Å². The van der Waals surface area contributed by atoms with Crippen LogP contribution in [0.25, 0.3) is 0 Å². The second-order valence-electron chi connectivity index (χ2n) is 5.58. The predicted molar refractivity (Wildman–Crippen MR) is 84.4 cm³/mol. The molecule has 1 aliphatic heterocycles. The summed E-state index contributed by atoms with van der Waals surface area (Å²) in [5.41, 5.74) is 13.7. The average Bonchev–Trinajstić information content (AvgIpc) is 2.90. The number of benzene rings is 1. The van der Waals surface area contributed by atoms with Crippen molar-refractivity contribution in [2.45, 2.75) is 18.5 Å². The smallest absolute Gasteiger partial charge is 0.122 e.